The van der Waals surface area contributed by atoms with E-state index in [1.54, 1.807) is 12.1 Å². The number of hydrogen-bond donors (Lipinski definition) is 4. The van der Waals surface area contributed by atoms with Crippen LogP contribution in [0.1, 0.15) is 49.0 Å². The molecule has 2 amide bonds. The van der Waals surface area contributed by atoms with Gasteiger partial charge in [-0.15, -0.1) is 0 Å². The van der Waals surface area contributed by atoms with Crippen molar-refractivity contribution >= 4 is 12.0 Å². The maximum atomic E-state index is 11.7. The zero-order valence-electron chi connectivity index (χ0n) is 13.1. The number of carboxylic acids is 1. The lowest BCUT2D eigenvalue weighted by molar-refractivity contribution is 0.0247. The Morgan fingerprint density at radius 3 is 2.18 bits per heavy atom. The second-order valence-electron chi connectivity index (χ2n) is 5.29. The van der Waals surface area contributed by atoms with Gasteiger partial charge in [0.15, 0.2) is 0 Å². The zero-order chi connectivity index (χ0) is 16.6. The van der Waals surface area contributed by atoms with Crippen molar-refractivity contribution in [3.8, 4) is 0 Å². The number of carbonyl (C=O) groups is 2. The molecule has 6 nitrogen and oxygen atoms in total. The Morgan fingerprint density at radius 1 is 1.09 bits per heavy atom. The molecular formula is C16H24N2O4. The van der Waals surface area contributed by atoms with Gasteiger partial charge in [-0.05, 0) is 37.0 Å². The van der Waals surface area contributed by atoms with Gasteiger partial charge in [0.05, 0.1) is 11.2 Å². The summed E-state index contributed by atoms with van der Waals surface area (Å²) in [5.74, 6) is -0.975. The average molecular weight is 308 g/mol. The number of rotatable bonds is 8. The highest BCUT2D eigenvalue weighted by Crippen LogP contribution is 2.18. The molecule has 122 valence electrons. The number of aliphatic hydroxyl groups is 1. The van der Waals surface area contributed by atoms with Gasteiger partial charge in [0.2, 0.25) is 0 Å². The lowest BCUT2D eigenvalue weighted by Gasteiger charge is -2.25. The Bertz CT molecular complexity index is 495. The molecule has 0 fully saturated rings. The lowest BCUT2D eigenvalue weighted by atomic mass is 9.94. The van der Waals surface area contributed by atoms with Gasteiger partial charge >= 0.3 is 12.0 Å². The molecule has 6 heteroatoms. The molecule has 1 aromatic carbocycles. The Hall–Kier alpha value is -2.08. The number of benzene rings is 1. The number of amides is 2. The maximum Gasteiger partial charge on any atom is 0.335 e. The number of nitrogens with one attached hydrogen (secondary N) is 2. The molecule has 0 spiro atoms. The van der Waals surface area contributed by atoms with Crippen molar-refractivity contribution in [2.75, 3.05) is 6.54 Å². The van der Waals surface area contributed by atoms with Crippen molar-refractivity contribution in [3.63, 3.8) is 0 Å². The van der Waals surface area contributed by atoms with Gasteiger partial charge in [-0.3, -0.25) is 0 Å². The first-order valence-corrected chi connectivity index (χ1v) is 7.46. The molecular weight excluding hydrogens is 284 g/mol. The highest BCUT2D eigenvalue weighted by Gasteiger charge is 2.21. The zero-order valence-corrected chi connectivity index (χ0v) is 13.1. The number of carboxylic acid groups (broad SMARTS) is 1. The van der Waals surface area contributed by atoms with Crippen LogP contribution in [-0.2, 0) is 6.54 Å². The van der Waals surface area contributed by atoms with Crippen LogP contribution >= 0.6 is 0 Å². The second-order valence-corrected chi connectivity index (χ2v) is 5.29. The van der Waals surface area contributed by atoms with E-state index in [9.17, 15) is 14.7 Å². The fourth-order valence-electron chi connectivity index (χ4n) is 2.02. The number of hydrogen-bond acceptors (Lipinski definition) is 3. The fourth-order valence-corrected chi connectivity index (χ4v) is 2.02. The van der Waals surface area contributed by atoms with Crippen molar-refractivity contribution < 1.29 is 19.8 Å². The van der Waals surface area contributed by atoms with E-state index in [2.05, 4.69) is 10.6 Å². The van der Waals surface area contributed by atoms with Gasteiger partial charge in [-0.1, -0.05) is 26.0 Å². The summed E-state index contributed by atoms with van der Waals surface area (Å²) < 4.78 is 0. The highest BCUT2D eigenvalue weighted by molar-refractivity contribution is 5.87. The summed E-state index contributed by atoms with van der Waals surface area (Å²) in [6.07, 6.45) is 1.83. The van der Waals surface area contributed by atoms with E-state index in [1.807, 2.05) is 13.8 Å². The highest BCUT2D eigenvalue weighted by atomic mass is 16.4. The van der Waals surface area contributed by atoms with Crippen LogP contribution in [0.5, 0.6) is 0 Å². The molecule has 0 aromatic heterocycles. The molecule has 22 heavy (non-hydrogen) atoms. The van der Waals surface area contributed by atoms with E-state index in [4.69, 9.17) is 5.11 Å². The molecule has 0 heterocycles. The minimum atomic E-state index is -0.975. The lowest BCUT2D eigenvalue weighted by Crippen LogP contribution is -2.39. The summed E-state index contributed by atoms with van der Waals surface area (Å²) >= 11 is 0. The molecule has 0 saturated carbocycles. The summed E-state index contributed by atoms with van der Waals surface area (Å²) in [5, 5.41) is 24.3. The van der Waals surface area contributed by atoms with Crippen LogP contribution in [0.3, 0.4) is 0 Å². The molecule has 0 aliphatic rings. The minimum Gasteiger partial charge on any atom is -0.478 e. The molecule has 0 atom stereocenters. The van der Waals surface area contributed by atoms with Gasteiger partial charge in [-0.25, -0.2) is 9.59 Å². The predicted molar refractivity (Wildman–Crippen MR) is 83.8 cm³/mol. The van der Waals surface area contributed by atoms with Crippen molar-refractivity contribution in [1.29, 1.82) is 0 Å². The SMILES string of the molecule is CCC(O)(CC)CCNC(=O)NCc1ccc(C(=O)O)cc1. The first kappa shape index (κ1) is 18.0. The predicted octanol–water partition coefficient (Wildman–Crippen LogP) is 2.13. The van der Waals surface area contributed by atoms with E-state index in [-0.39, 0.29) is 11.6 Å². The number of urea groups is 1. The third-order valence-corrected chi connectivity index (χ3v) is 3.85. The largest absolute Gasteiger partial charge is 0.478 e. The van der Waals surface area contributed by atoms with Crippen LogP contribution < -0.4 is 10.6 Å². The Morgan fingerprint density at radius 2 is 1.68 bits per heavy atom. The van der Waals surface area contributed by atoms with E-state index in [1.165, 1.54) is 12.1 Å². The molecule has 0 unspecified atom stereocenters. The average Bonchev–Trinajstić information content (AvgIpc) is 2.53. The normalized spacial score (nSPS) is 11.0. The van der Waals surface area contributed by atoms with E-state index in [0.29, 0.717) is 32.4 Å². The first-order valence-electron chi connectivity index (χ1n) is 7.46. The summed E-state index contributed by atoms with van der Waals surface area (Å²) in [7, 11) is 0. The van der Waals surface area contributed by atoms with Crippen LogP contribution in [0.4, 0.5) is 4.79 Å². The number of carbonyl (C=O) groups excluding carboxylic acids is 1. The molecule has 0 radical (unpaired) electrons. The van der Waals surface area contributed by atoms with Crippen LogP contribution in [0, 0.1) is 0 Å². The number of aromatic carboxylic acids is 1. The molecule has 1 aromatic rings. The van der Waals surface area contributed by atoms with Crippen LogP contribution in [0.15, 0.2) is 24.3 Å². The van der Waals surface area contributed by atoms with Gasteiger partial charge in [0.1, 0.15) is 0 Å². The van der Waals surface area contributed by atoms with Crippen molar-refractivity contribution in [2.45, 2.75) is 45.3 Å². The molecule has 4 N–H and O–H groups in total. The molecule has 0 saturated heterocycles. The van der Waals surface area contributed by atoms with Gasteiger partial charge < -0.3 is 20.8 Å². The minimum absolute atomic E-state index is 0.214. The molecule has 1 rings (SSSR count). The summed E-state index contributed by atoms with van der Waals surface area (Å²) in [5.41, 5.74) is 0.310. The molecule has 0 bridgehead atoms. The smallest absolute Gasteiger partial charge is 0.335 e. The fraction of sp³-hybridized carbons (Fsp3) is 0.500. The van der Waals surface area contributed by atoms with Crippen LogP contribution in [0.25, 0.3) is 0 Å². The molecule has 0 aliphatic heterocycles. The quantitative estimate of drug-likeness (QED) is 0.591. The van der Waals surface area contributed by atoms with Gasteiger partial charge in [-0.2, -0.15) is 0 Å². The van der Waals surface area contributed by atoms with Crippen molar-refractivity contribution in [1.82, 2.24) is 10.6 Å². The Balaban J connectivity index is 2.32. The molecule has 0 aliphatic carbocycles. The summed E-state index contributed by atoms with van der Waals surface area (Å²) in [6.45, 7) is 4.56. The standard InChI is InChI=1S/C16H24N2O4/c1-3-16(22,4-2)9-10-17-15(21)18-11-12-5-7-13(8-6-12)14(19)20/h5-8,22H,3-4,9-11H2,1-2H3,(H,19,20)(H2,17,18,21). The Labute approximate surface area is 130 Å². The Kier molecular flexibility index (Phi) is 6.85. The second kappa shape index (κ2) is 8.38. The topological polar surface area (TPSA) is 98.7 Å². The maximum absolute atomic E-state index is 11.7. The monoisotopic (exact) mass is 308 g/mol. The van der Waals surface area contributed by atoms with E-state index < -0.39 is 11.6 Å². The summed E-state index contributed by atoms with van der Waals surface area (Å²) in [4.78, 5) is 22.4. The van der Waals surface area contributed by atoms with Gasteiger partial charge in [0.25, 0.3) is 0 Å². The first-order chi connectivity index (χ1) is 10.4. The van der Waals surface area contributed by atoms with Crippen molar-refractivity contribution in [3.05, 3.63) is 35.4 Å². The van der Waals surface area contributed by atoms with E-state index in [0.717, 1.165) is 5.56 Å². The van der Waals surface area contributed by atoms with Crippen LogP contribution in [-0.4, -0.2) is 34.4 Å². The van der Waals surface area contributed by atoms with Crippen LogP contribution in [0.2, 0.25) is 0 Å². The third-order valence-electron chi connectivity index (χ3n) is 3.85. The van der Waals surface area contributed by atoms with E-state index >= 15 is 0 Å². The third kappa shape index (κ3) is 5.73. The van der Waals surface area contributed by atoms with Crippen molar-refractivity contribution in [2.24, 2.45) is 0 Å². The summed E-state index contributed by atoms with van der Waals surface area (Å²) in [6, 6.07) is 6.02. The van der Waals surface area contributed by atoms with Gasteiger partial charge in [0, 0.05) is 13.1 Å².